The van der Waals surface area contributed by atoms with Gasteiger partial charge >= 0.3 is 5.97 Å². The maximum Gasteiger partial charge on any atom is 0.317 e. The van der Waals surface area contributed by atoms with Crippen LogP contribution in [-0.4, -0.2) is 38.8 Å². The molecule has 21 heavy (non-hydrogen) atoms. The zero-order valence-corrected chi connectivity index (χ0v) is 12.6. The van der Waals surface area contributed by atoms with E-state index in [1.54, 1.807) is 0 Å². The molecule has 116 valence electrons. The number of carbonyl (C=O) groups is 1. The molecule has 2 aliphatic rings. The van der Waals surface area contributed by atoms with Crippen LogP contribution in [0.3, 0.4) is 0 Å². The van der Waals surface area contributed by atoms with Gasteiger partial charge in [-0.25, -0.2) is 0 Å². The Kier molecular flexibility index (Phi) is 4.58. The van der Waals surface area contributed by atoms with Crippen molar-refractivity contribution < 1.29 is 9.90 Å². The van der Waals surface area contributed by atoms with Gasteiger partial charge in [0.15, 0.2) is 0 Å². The van der Waals surface area contributed by atoms with Gasteiger partial charge in [-0.05, 0) is 37.7 Å². The Balaban J connectivity index is 1.59. The second-order valence-corrected chi connectivity index (χ2v) is 6.59. The first-order valence-electron chi connectivity index (χ1n) is 8.19. The summed E-state index contributed by atoms with van der Waals surface area (Å²) < 4.78 is 2.10. The second kappa shape index (κ2) is 6.60. The van der Waals surface area contributed by atoms with Gasteiger partial charge in [0.05, 0.1) is 18.3 Å². The number of hydrogen-bond donors (Lipinski definition) is 1. The maximum absolute atomic E-state index is 11.0. The van der Waals surface area contributed by atoms with E-state index in [1.165, 1.54) is 44.9 Å². The topological polar surface area (TPSA) is 58.4 Å². The third kappa shape index (κ3) is 4.30. The van der Waals surface area contributed by atoms with E-state index in [9.17, 15) is 4.79 Å². The smallest absolute Gasteiger partial charge is 0.317 e. The fraction of sp³-hybridized carbons (Fsp3) is 0.750. The highest BCUT2D eigenvalue weighted by molar-refractivity contribution is 5.69. The van der Waals surface area contributed by atoms with Crippen molar-refractivity contribution >= 4 is 5.97 Å². The molecule has 0 atom stereocenters. The molecule has 0 aromatic carbocycles. The van der Waals surface area contributed by atoms with Crippen molar-refractivity contribution in [3.63, 3.8) is 0 Å². The van der Waals surface area contributed by atoms with Gasteiger partial charge in [0, 0.05) is 19.3 Å². The highest BCUT2D eigenvalue weighted by Crippen LogP contribution is 2.30. The quantitative estimate of drug-likeness (QED) is 0.839. The van der Waals surface area contributed by atoms with Crippen molar-refractivity contribution in [2.75, 3.05) is 13.1 Å². The van der Waals surface area contributed by atoms with Crippen LogP contribution in [0.2, 0.25) is 0 Å². The molecule has 2 fully saturated rings. The van der Waals surface area contributed by atoms with Crippen LogP contribution in [0, 0.1) is 5.92 Å². The number of carboxylic acid groups (broad SMARTS) is 1. The normalized spacial score (nSPS) is 20.0. The largest absolute Gasteiger partial charge is 0.480 e. The van der Waals surface area contributed by atoms with Gasteiger partial charge in [-0.15, -0.1) is 0 Å². The minimum absolute atomic E-state index is 0.118. The molecule has 1 aromatic rings. The van der Waals surface area contributed by atoms with E-state index in [1.807, 2.05) is 4.90 Å². The summed E-state index contributed by atoms with van der Waals surface area (Å²) >= 11 is 0. The Morgan fingerprint density at radius 1 is 1.29 bits per heavy atom. The standard InChI is InChI=1S/C16H25N3O2/c20-16(21)12-18(10-13-6-7-13)11-14-8-9-19(17-14)15-4-2-1-3-5-15/h8-9,13,15H,1-7,10-12H2,(H,20,21). The van der Waals surface area contributed by atoms with Crippen LogP contribution in [0.5, 0.6) is 0 Å². The van der Waals surface area contributed by atoms with E-state index in [4.69, 9.17) is 10.2 Å². The highest BCUT2D eigenvalue weighted by atomic mass is 16.4. The van der Waals surface area contributed by atoms with Crippen LogP contribution in [0.4, 0.5) is 0 Å². The monoisotopic (exact) mass is 291 g/mol. The SMILES string of the molecule is O=C(O)CN(Cc1ccn(C2CCCCC2)n1)CC1CC1. The Morgan fingerprint density at radius 3 is 2.71 bits per heavy atom. The third-order valence-corrected chi connectivity index (χ3v) is 4.57. The summed E-state index contributed by atoms with van der Waals surface area (Å²) in [7, 11) is 0. The van der Waals surface area contributed by atoms with Crippen molar-refractivity contribution in [3.05, 3.63) is 18.0 Å². The van der Waals surface area contributed by atoms with Gasteiger partial charge in [0.25, 0.3) is 0 Å². The number of aliphatic carboxylic acids is 1. The molecule has 1 N–H and O–H groups in total. The van der Waals surface area contributed by atoms with Crippen LogP contribution < -0.4 is 0 Å². The van der Waals surface area contributed by atoms with E-state index < -0.39 is 5.97 Å². The Bertz CT molecular complexity index is 476. The molecule has 0 saturated heterocycles. The van der Waals surface area contributed by atoms with Crippen molar-refractivity contribution in [2.45, 2.75) is 57.5 Å². The van der Waals surface area contributed by atoms with Crippen molar-refractivity contribution in [1.82, 2.24) is 14.7 Å². The molecule has 0 spiro atoms. The van der Waals surface area contributed by atoms with Gasteiger partial charge in [0.2, 0.25) is 0 Å². The molecule has 0 amide bonds. The van der Waals surface area contributed by atoms with Crippen molar-refractivity contribution in [2.24, 2.45) is 5.92 Å². The molecule has 0 aliphatic heterocycles. The average molecular weight is 291 g/mol. The summed E-state index contributed by atoms with van der Waals surface area (Å²) in [4.78, 5) is 13.0. The number of hydrogen-bond acceptors (Lipinski definition) is 3. The van der Waals surface area contributed by atoms with E-state index in [2.05, 4.69) is 16.9 Å². The van der Waals surface area contributed by atoms with Crippen LogP contribution in [0.15, 0.2) is 12.3 Å². The van der Waals surface area contributed by atoms with Gasteiger partial charge < -0.3 is 5.11 Å². The van der Waals surface area contributed by atoms with E-state index in [-0.39, 0.29) is 6.54 Å². The lowest BCUT2D eigenvalue weighted by molar-refractivity contribution is -0.138. The van der Waals surface area contributed by atoms with E-state index >= 15 is 0 Å². The fourth-order valence-electron chi connectivity index (χ4n) is 3.28. The van der Waals surface area contributed by atoms with Crippen molar-refractivity contribution in [3.8, 4) is 0 Å². The number of aromatic nitrogens is 2. The molecular weight excluding hydrogens is 266 g/mol. The molecule has 1 heterocycles. The molecule has 5 nitrogen and oxygen atoms in total. The number of carboxylic acids is 1. The lowest BCUT2D eigenvalue weighted by atomic mass is 9.96. The summed E-state index contributed by atoms with van der Waals surface area (Å²) in [5, 5.41) is 13.7. The molecule has 0 unspecified atom stereocenters. The predicted molar refractivity (Wildman–Crippen MR) is 80.0 cm³/mol. The zero-order valence-electron chi connectivity index (χ0n) is 12.6. The lowest BCUT2D eigenvalue weighted by Crippen LogP contribution is -2.31. The molecule has 0 radical (unpaired) electrons. The highest BCUT2D eigenvalue weighted by Gasteiger charge is 2.26. The molecular formula is C16H25N3O2. The zero-order chi connectivity index (χ0) is 14.7. The van der Waals surface area contributed by atoms with Crippen LogP contribution in [0.1, 0.15) is 56.7 Å². The Morgan fingerprint density at radius 2 is 2.05 bits per heavy atom. The Labute approximate surface area is 125 Å². The van der Waals surface area contributed by atoms with Gasteiger partial charge in [-0.3, -0.25) is 14.4 Å². The first-order chi connectivity index (χ1) is 10.2. The first-order valence-corrected chi connectivity index (χ1v) is 8.19. The lowest BCUT2D eigenvalue weighted by Gasteiger charge is -2.22. The molecule has 5 heteroatoms. The number of rotatable bonds is 7. The average Bonchev–Trinajstić information content (AvgIpc) is 3.15. The molecule has 1 aromatic heterocycles. The number of nitrogens with zero attached hydrogens (tertiary/aromatic N) is 3. The summed E-state index contributed by atoms with van der Waals surface area (Å²) in [5.41, 5.74) is 1.00. The van der Waals surface area contributed by atoms with Crippen molar-refractivity contribution in [1.29, 1.82) is 0 Å². The summed E-state index contributed by atoms with van der Waals surface area (Å²) in [6, 6.07) is 2.60. The van der Waals surface area contributed by atoms with Gasteiger partial charge in [-0.1, -0.05) is 19.3 Å². The van der Waals surface area contributed by atoms with Crippen LogP contribution >= 0.6 is 0 Å². The second-order valence-electron chi connectivity index (χ2n) is 6.59. The first kappa shape index (κ1) is 14.6. The third-order valence-electron chi connectivity index (χ3n) is 4.57. The molecule has 0 bridgehead atoms. The minimum Gasteiger partial charge on any atom is -0.480 e. The Hall–Kier alpha value is -1.36. The molecule has 2 saturated carbocycles. The fourth-order valence-corrected chi connectivity index (χ4v) is 3.28. The summed E-state index contributed by atoms with van der Waals surface area (Å²) in [6.07, 6.45) is 10.9. The van der Waals surface area contributed by atoms with E-state index in [0.29, 0.717) is 18.5 Å². The summed E-state index contributed by atoms with van der Waals surface area (Å²) in [6.45, 7) is 1.66. The van der Waals surface area contributed by atoms with Crippen LogP contribution in [0.25, 0.3) is 0 Å². The van der Waals surface area contributed by atoms with Gasteiger partial charge in [-0.2, -0.15) is 5.10 Å². The minimum atomic E-state index is -0.748. The van der Waals surface area contributed by atoms with Crippen LogP contribution in [-0.2, 0) is 11.3 Å². The summed E-state index contributed by atoms with van der Waals surface area (Å²) in [5.74, 6) is -0.0489. The molecule has 3 rings (SSSR count). The maximum atomic E-state index is 11.0. The van der Waals surface area contributed by atoms with E-state index in [0.717, 1.165) is 12.2 Å². The van der Waals surface area contributed by atoms with Gasteiger partial charge in [0.1, 0.15) is 0 Å². The molecule has 2 aliphatic carbocycles. The predicted octanol–water partition coefficient (Wildman–Crippen LogP) is 2.68.